The van der Waals surface area contributed by atoms with Crippen LogP contribution in [-0.2, 0) is 19.2 Å². The maximum absolute atomic E-state index is 12.5. The van der Waals surface area contributed by atoms with Crippen LogP contribution in [0.4, 0.5) is 0 Å². The Morgan fingerprint density at radius 3 is 2.34 bits per heavy atom. The molecule has 10 nitrogen and oxygen atoms in total. The van der Waals surface area contributed by atoms with Crippen LogP contribution >= 0.6 is 0 Å². The second-order valence-corrected chi connectivity index (χ2v) is 6.75. The molecule has 1 fully saturated rings. The largest absolute Gasteiger partial charge is 0.481 e. The molecular weight excluding hydrogens is 382 g/mol. The van der Waals surface area contributed by atoms with Gasteiger partial charge in [0, 0.05) is 12.1 Å². The van der Waals surface area contributed by atoms with Gasteiger partial charge in [-0.1, -0.05) is 18.2 Å². The van der Waals surface area contributed by atoms with Crippen LogP contribution in [0.15, 0.2) is 30.3 Å². The number of benzene rings is 1. The summed E-state index contributed by atoms with van der Waals surface area (Å²) < 4.78 is 0. The first-order chi connectivity index (χ1) is 13.7. The lowest BCUT2D eigenvalue weighted by Gasteiger charge is -2.26. The highest BCUT2D eigenvalue weighted by Gasteiger charge is 2.37. The van der Waals surface area contributed by atoms with Crippen LogP contribution in [0.2, 0.25) is 0 Å². The maximum atomic E-state index is 12.5. The predicted molar refractivity (Wildman–Crippen MR) is 99.9 cm³/mol. The highest BCUT2D eigenvalue weighted by atomic mass is 16.4. The Balaban J connectivity index is 2.04. The van der Waals surface area contributed by atoms with Gasteiger partial charge >= 0.3 is 11.9 Å². The Labute approximate surface area is 166 Å². The lowest BCUT2D eigenvalue weighted by Crippen LogP contribution is -2.55. The molecule has 0 unspecified atom stereocenters. The zero-order valence-corrected chi connectivity index (χ0v) is 15.8. The normalized spacial score (nSPS) is 17.8. The summed E-state index contributed by atoms with van der Waals surface area (Å²) in [6.45, 7) is 1.65. The molecule has 1 aromatic rings. The second-order valence-electron chi connectivity index (χ2n) is 6.75. The molecule has 3 amide bonds. The number of hydrogen-bond acceptors (Lipinski definition) is 5. The van der Waals surface area contributed by atoms with Crippen molar-refractivity contribution in [2.75, 3.05) is 6.54 Å². The van der Waals surface area contributed by atoms with Crippen LogP contribution in [0, 0.1) is 0 Å². The van der Waals surface area contributed by atoms with E-state index in [1.54, 1.807) is 18.2 Å². The first kappa shape index (κ1) is 21.9. The van der Waals surface area contributed by atoms with Crippen molar-refractivity contribution in [1.29, 1.82) is 0 Å². The van der Waals surface area contributed by atoms with E-state index in [0.717, 1.165) is 0 Å². The number of carboxylic acids is 2. The summed E-state index contributed by atoms with van der Waals surface area (Å²) in [5, 5.41) is 23.0. The summed E-state index contributed by atoms with van der Waals surface area (Å²) >= 11 is 0. The Kier molecular flexibility index (Phi) is 7.29. The molecule has 29 heavy (non-hydrogen) atoms. The molecule has 0 aromatic heterocycles. The van der Waals surface area contributed by atoms with Gasteiger partial charge in [0.05, 0.1) is 6.42 Å². The fourth-order valence-corrected chi connectivity index (χ4v) is 3.13. The molecule has 0 bridgehead atoms. The van der Waals surface area contributed by atoms with Crippen LogP contribution in [0.5, 0.6) is 0 Å². The van der Waals surface area contributed by atoms with Crippen molar-refractivity contribution in [2.24, 2.45) is 0 Å². The van der Waals surface area contributed by atoms with Gasteiger partial charge in [-0.05, 0) is 31.9 Å². The van der Waals surface area contributed by atoms with Gasteiger partial charge in [0.1, 0.15) is 18.1 Å². The van der Waals surface area contributed by atoms with Crippen molar-refractivity contribution < 1.29 is 34.2 Å². The number of likely N-dealkylation sites (tertiary alicyclic amines) is 1. The fraction of sp³-hybridized carbons (Fsp3) is 0.421. The SMILES string of the molecule is C[C@H](NC(=O)[C@@H](CC(=O)O)NC(=O)c1ccccc1)C(=O)N1CCC[C@H]1C(=O)O. The molecule has 1 heterocycles. The third kappa shape index (κ3) is 5.77. The summed E-state index contributed by atoms with van der Waals surface area (Å²) in [6.07, 6.45) is 0.196. The van der Waals surface area contributed by atoms with E-state index in [1.807, 2.05) is 0 Å². The summed E-state index contributed by atoms with van der Waals surface area (Å²) in [5.41, 5.74) is 0.251. The van der Waals surface area contributed by atoms with E-state index in [1.165, 1.54) is 24.0 Å². The van der Waals surface area contributed by atoms with Gasteiger partial charge in [-0.25, -0.2) is 4.79 Å². The highest BCUT2D eigenvalue weighted by Crippen LogP contribution is 2.18. The lowest BCUT2D eigenvalue weighted by atomic mass is 10.1. The maximum Gasteiger partial charge on any atom is 0.326 e. The van der Waals surface area contributed by atoms with Gasteiger partial charge in [0.15, 0.2) is 0 Å². The van der Waals surface area contributed by atoms with E-state index in [-0.39, 0.29) is 12.1 Å². The number of carbonyl (C=O) groups excluding carboxylic acids is 3. The smallest absolute Gasteiger partial charge is 0.326 e. The summed E-state index contributed by atoms with van der Waals surface area (Å²) in [4.78, 5) is 60.8. The van der Waals surface area contributed by atoms with Crippen LogP contribution in [0.1, 0.15) is 36.5 Å². The first-order valence-corrected chi connectivity index (χ1v) is 9.12. The molecule has 0 spiro atoms. The van der Waals surface area contributed by atoms with Crippen molar-refractivity contribution in [3.05, 3.63) is 35.9 Å². The van der Waals surface area contributed by atoms with E-state index in [9.17, 15) is 29.1 Å². The first-order valence-electron chi connectivity index (χ1n) is 9.12. The minimum absolute atomic E-state index is 0.251. The van der Waals surface area contributed by atoms with E-state index in [2.05, 4.69) is 10.6 Å². The van der Waals surface area contributed by atoms with Crippen LogP contribution in [0.3, 0.4) is 0 Å². The number of carboxylic acid groups (broad SMARTS) is 2. The third-order valence-electron chi connectivity index (χ3n) is 4.59. The summed E-state index contributed by atoms with van der Waals surface area (Å²) in [6, 6.07) is 4.54. The van der Waals surface area contributed by atoms with E-state index in [4.69, 9.17) is 5.11 Å². The van der Waals surface area contributed by atoms with Crippen molar-refractivity contribution >= 4 is 29.7 Å². The lowest BCUT2D eigenvalue weighted by molar-refractivity contribution is -0.149. The zero-order chi connectivity index (χ0) is 21.6. The van der Waals surface area contributed by atoms with Crippen molar-refractivity contribution in [3.8, 4) is 0 Å². The average Bonchev–Trinajstić information content (AvgIpc) is 3.17. The van der Waals surface area contributed by atoms with Crippen molar-refractivity contribution in [1.82, 2.24) is 15.5 Å². The number of nitrogens with zero attached hydrogens (tertiary/aromatic N) is 1. The van der Waals surface area contributed by atoms with Gasteiger partial charge in [0.25, 0.3) is 5.91 Å². The minimum Gasteiger partial charge on any atom is -0.481 e. The number of aliphatic carboxylic acids is 2. The second kappa shape index (κ2) is 9.67. The summed E-state index contributed by atoms with van der Waals surface area (Å²) in [5.74, 6) is -4.47. The quantitative estimate of drug-likeness (QED) is 0.469. The Hall–Kier alpha value is -3.43. The fourth-order valence-electron chi connectivity index (χ4n) is 3.13. The van der Waals surface area contributed by atoms with E-state index < -0.39 is 54.2 Å². The van der Waals surface area contributed by atoms with Crippen molar-refractivity contribution in [3.63, 3.8) is 0 Å². The molecule has 4 N–H and O–H groups in total. The molecule has 0 aliphatic carbocycles. The number of hydrogen-bond donors (Lipinski definition) is 4. The van der Waals surface area contributed by atoms with E-state index in [0.29, 0.717) is 12.8 Å². The molecule has 1 aromatic carbocycles. The highest BCUT2D eigenvalue weighted by molar-refractivity contribution is 5.99. The Morgan fingerprint density at radius 1 is 1.10 bits per heavy atom. The van der Waals surface area contributed by atoms with Gasteiger partial charge < -0.3 is 25.7 Å². The molecule has 1 saturated heterocycles. The van der Waals surface area contributed by atoms with Gasteiger partial charge in [0.2, 0.25) is 11.8 Å². The predicted octanol–water partition coefficient (Wildman–Crippen LogP) is -0.160. The van der Waals surface area contributed by atoms with Gasteiger partial charge in [-0.15, -0.1) is 0 Å². The number of rotatable bonds is 8. The average molecular weight is 405 g/mol. The minimum atomic E-state index is -1.40. The molecule has 1 aliphatic heterocycles. The van der Waals surface area contributed by atoms with Crippen LogP contribution in [0.25, 0.3) is 0 Å². The number of nitrogens with one attached hydrogen (secondary N) is 2. The molecule has 156 valence electrons. The molecular formula is C19H23N3O7. The zero-order valence-electron chi connectivity index (χ0n) is 15.8. The van der Waals surface area contributed by atoms with E-state index >= 15 is 0 Å². The molecule has 10 heteroatoms. The number of carbonyl (C=O) groups is 5. The van der Waals surface area contributed by atoms with Gasteiger partial charge in [-0.3, -0.25) is 19.2 Å². The topological polar surface area (TPSA) is 153 Å². The number of amides is 3. The third-order valence-corrected chi connectivity index (χ3v) is 4.59. The standard InChI is InChI=1S/C19H23N3O7/c1-11(18(27)22-9-5-8-14(22)19(28)29)20-17(26)13(10-15(23)24)21-16(25)12-6-3-2-4-7-12/h2-4,6-7,11,13-14H,5,8-10H2,1H3,(H,20,26)(H,21,25)(H,23,24)(H,28,29)/t11-,13+,14-/m0/s1. The van der Waals surface area contributed by atoms with Crippen LogP contribution in [-0.4, -0.2) is 69.4 Å². The van der Waals surface area contributed by atoms with Crippen molar-refractivity contribution in [2.45, 2.75) is 44.3 Å². The molecule has 0 radical (unpaired) electrons. The Bertz CT molecular complexity index is 796. The summed E-state index contributed by atoms with van der Waals surface area (Å²) in [7, 11) is 0. The molecule has 2 rings (SSSR count). The van der Waals surface area contributed by atoms with Crippen LogP contribution < -0.4 is 10.6 Å². The molecule has 0 saturated carbocycles. The van der Waals surface area contributed by atoms with Gasteiger partial charge in [-0.2, -0.15) is 0 Å². The molecule has 3 atom stereocenters. The molecule has 1 aliphatic rings. The monoisotopic (exact) mass is 405 g/mol. The Morgan fingerprint density at radius 2 is 1.76 bits per heavy atom.